The van der Waals surface area contributed by atoms with E-state index in [4.69, 9.17) is 0 Å². The number of rotatable bonds is 1. The molecule has 2 nitrogen and oxygen atoms in total. The highest BCUT2D eigenvalue weighted by molar-refractivity contribution is 6.41. The number of carbonyl (C=O) groups excluding carboxylic acids is 2. The van der Waals surface area contributed by atoms with Gasteiger partial charge in [-0.15, -0.1) is 6.58 Å². The van der Waals surface area contributed by atoms with Gasteiger partial charge in [-0.3, -0.25) is 9.59 Å². The van der Waals surface area contributed by atoms with Crippen molar-refractivity contribution in [3.8, 4) is 0 Å². The fourth-order valence-electron chi connectivity index (χ4n) is 2.70. The minimum absolute atomic E-state index is 0.0492. The molecule has 0 saturated heterocycles. The summed E-state index contributed by atoms with van der Waals surface area (Å²) in [7, 11) is 0. The van der Waals surface area contributed by atoms with Crippen LogP contribution in [0.2, 0.25) is 0 Å². The second-order valence-corrected chi connectivity index (χ2v) is 4.50. The summed E-state index contributed by atoms with van der Waals surface area (Å²) in [4.78, 5) is 23.2. The normalized spacial score (nSPS) is 43.8. The van der Waals surface area contributed by atoms with Crippen LogP contribution < -0.4 is 0 Å². The Morgan fingerprint density at radius 3 is 2.77 bits per heavy atom. The third kappa shape index (κ3) is 1.01. The Morgan fingerprint density at radius 2 is 2.23 bits per heavy atom. The standard InChI is InChI=1S/C11H14O2/c1-3-7-6-11(2)5-4-8(7)9(12)10(11)13/h3,7-8H,1,4-6H2,2H3/t7-,8+,11-/m0/s1. The van der Waals surface area contributed by atoms with E-state index in [-0.39, 0.29) is 28.8 Å². The quantitative estimate of drug-likeness (QED) is 0.453. The first-order chi connectivity index (χ1) is 6.08. The topological polar surface area (TPSA) is 34.1 Å². The monoisotopic (exact) mass is 178 g/mol. The van der Waals surface area contributed by atoms with Crippen LogP contribution >= 0.6 is 0 Å². The molecule has 3 saturated carbocycles. The average molecular weight is 178 g/mol. The van der Waals surface area contributed by atoms with Crippen LogP contribution in [0.5, 0.6) is 0 Å². The summed E-state index contributed by atoms with van der Waals surface area (Å²) in [5.41, 5.74) is -0.370. The SMILES string of the molecule is C=C[C@H]1C[C@]2(C)CC[C@H]1C(=O)C2=O. The van der Waals surface area contributed by atoms with E-state index in [0.717, 1.165) is 19.3 Å². The molecule has 0 aromatic carbocycles. The molecule has 3 rings (SSSR count). The maximum atomic E-state index is 11.6. The molecule has 0 N–H and O–H groups in total. The molecule has 13 heavy (non-hydrogen) atoms. The minimum Gasteiger partial charge on any atom is -0.291 e. The molecule has 0 aliphatic heterocycles. The molecule has 3 aliphatic rings. The van der Waals surface area contributed by atoms with Gasteiger partial charge in [-0.1, -0.05) is 13.0 Å². The number of Topliss-reactive ketones (excluding diaryl/α,β-unsaturated/α-hetero) is 2. The zero-order valence-corrected chi connectivity index (χ0v) is 7.88. The number of hydrogen-bond acceptors (Lipinski definition) is 2. The summed E-state index contributed by atoms with van der Waals surface area (Å²) in [6.45, 7) is 5.65. The molecule has 3 aliphatic carbocycles. The zero-order valence-electron chi connectivity index (χ0n) is 7.88. The van der Waals surface area contributed by atoms with E-state index < -0.39 is 0 Å². The summed E-state index contributed by atoms with van der Waals surface area (Å²) in [6.07, 6.45) is 4.42. The highest BCUT2D eigenvalue weighted by atomic mass is 16.2. The van der Waals surface area contributed by atoms with Gasteiger partial charge in [0, 0.05) is 11.3 Å². The third-order valence-corrected chi connectivity index (χ3v) is 3.62. The van der Waals surface area contributed by atoms with Crippen LogP contribution in [-0.4, -0.2) is 11.6 Å². The summed E-state index contributed by atoms with van der Waals surface area (Å²) in [5.74, 6) is -0.0949. The smallest absolute Gasteiger partial charge is 0.204 e. The van der Waals surface area contributed by atoms with Crippen molar-refractivity contribution in [1.29, 1.82) is 0 Å². The maximum absolute atomic E-state index is 11.6. The molecule has 0 aromatic rings. The van der Waals surface area contributed by atoms with Gasteiger partial charge in [0.2, 0.25) is 11.6 Å². The van der Waals surface area contributed by atoms with Crippen LogP contribution in [0.1, 0.15) is 26.2 Å². The lowest BCUT2D eigenvalue weighted by Gasteiger charge is -2.45. The first kappa shape index (κ1) is 8.67. The lowest BCUT2D eigenvalue weighted by Crippen LogP contribution is -2.51. The Kier molecular flexibility index (Phi) is 1.69. The molecule has 0 radical (unpaired) electrons. The van der Waals surface area contributed by atoms with E-state index in [9.17, 15) is 9.59 Å². The Morgan fingerprint density at radius 1 is 1.54 bits per heavy atom. The van der Waals surface area contributed by atoms with Gasteiger partial charge >= 0.3 is 0 Å². The van der Waals surface area contributed by atoms with Crippen LogP contribution in [-0.2, 0) is 9.59 Å². The molecule has 0 spiro atoms. The maximum Gasteiger partial charge on any atom is 0.204 e. The van der Waals surface area contributed by atoms with E-state index in [1.165, 1.54) is 0 Å². The van der Waals surface area contributed by atoms with Crippen molar-refractivity contribution < 1.29 is 9.59 Å². The fourth-order valence-corrected chi connectivity index (χ4v) is 2.70. The van der Waals surface area contributed by atoms with E-state index in [1.54, 1.807) is 0 Å². The Hall–Kier alpha value is -0.920. The van der Waals surface area contributed by atoms with Crippen LogP contribution in [0.4, 0.5) is 0 Å². The van der Waals surface area contributed by atoms with Gasteiger partial charge in [-0.2, -0.15) is 0 Å². The molecular formula is C11H14O2. The van der Waals surface area contributed by atoms with Gasteiger partial charge < -0.3 is 0 Å². The van der Waals surface area contributed by atoms with Crippen molar-refractivity contribution in [3.63, 3.8) is 0 Å². The molecular weight excluding hydrogens is 164 g/mol. The van der Waals surface area contributed by atoms with Crippen LogP contribution in [0.25, 0.3) is 0 Å². The predicted octanol–water partition coefficient (Wildman–Crippen LogP) is 1.75. The van der Waals surface area contributed by atoms with Gasteiger partial charge in [-0.25, -0.2) is 0 Å². The summed E-state index contributed by atoms with van der Waals surface area (Å²) >= 11 is 0. The fraction of sp³-hybridized carbons (Fsp3) is 0.636. The minimum atomic E-state index is -0.370. The van der Waals surface area contributed by atoms with Crippen LogP contribution in [0, 0.1) is 17.3 Å². The van der Waals surface area contributed by atoms with Crippen molar-refractivity contribution >= 4 is 11.6 Å². The molecule has 2 heteroatoms. The van der Waals surface area contributed by atoms with Crippen LogP contribution in [0.3, 0.4) is 0 Å². The van der Waals surface area contributed by atoms with Crippen molar-refractivity contribution in [2.45, 2.75) is 26.2 Å². The van der Waals surface area contributed by atoms with Crippen molar-refractivity contribution in [2.24, 2.45) is 17.3 Å². The highest BCUT2D eigenvalue weighted by Gasteiger charge is 2.53. The van der Waals surface area contributed by atoms with Crippen LogP contribution in [0.15, 0.2) is 12.7 Å². The summed E-state index contributed by atoms with van der Waals surface area (Å²) in [5, 5.41) is 0. The molecule has 0 amide bonds. The third-order valence-electron chi connectivity index (χ3n) is 3.62. The number of hydrogen-bond donors (Lipinski definition) is 0. The number of fused-ring (bicyclic) bond motifs is 3. The lowest BCUT2D eigenvalue weighted by atomic mass is 9.56. The second kappa shape index (κ2) is 2.53. The van der Waals surface area contributed by atoms with E-state index in [2.05, 4.69) is 6.58 Å². The molecule has 0 aromatic heterocycles. The van der Waals surface area contributed by atoms with Crippen molar-refractivity contribution in [2.75, 3.05) is 0 Å². The Labute approximate surface area is 78.0 Å². The summed E-state index contributed by atoms with van der Waals surface area (Å²) < 4.78 is 0. The van der Waals surface area contributed by atoms with Gasteiger partial charge in [0.15, 0.2) is 0 Å². The Bertz CT molecular complexity index is 292. The highest BCUT2D eigenvalue weighted by Crippen LogP contribution is 2.49. The van der Waals surface area contributed by atoms with Crippen molar-refractivity contribution in [3.05, 3.63) is 12.7 Å². The Balaban J connectivity index is 2.38. The molecule has 3 fully saturated rings. The van der Waals surface area contributed by atoms with Gasteiger partial charge in [0.1, 0.15) is 0 Å². The largest absolute Gasteiger partial charge is 0.291 e. The molecule has 70 valence electrons. The predicted molar refractivity (Wildman–Crippen MR) is 49.1 cm³/mol. The average Bonchev–Trinajstić information content (AvgIpc) is 2.13. The van der Waals surface area contributed by atoms with E-state index in [1.807, 2.05) is 13.0 Å². The molecule has 2 bridgehead atoms. The summed E-state index contributed by atoms with van der Waals surface area (Å²) in [6, 6.07) is 0. The van der Waals surface area contributed by atoms with Gasteiger partial charge in [0.25, 0.3) is 0 Å². The van der Waals surface area contributed by atoms with Gasteiger partial charge in [0.05, 0.1) is 0 Å². The molecule has 0 heterocycles. The zero-order chi connectivity index (χ0) is 9.64. The lowest BCUT2D eigenvalue weighted by molar-refractivity contribution is -0.154. The number of allylic oxidation sites excluding steroid dienone is 1. The number of carbonyl (C=O) groups is 2. The first-order valence-corrected chi connectivity index (χ1v) is 4.80. The van der Waals surface area contributed by atoms with Gasteiger partial charge in [-0.05, 0) is 25.2 Å². The second-order valence-electron chi connectivity index (χ2n) is 4.50. The van der Waals surface area contributed by atoms with E-state index >= 15 is 0 Å². The van der Waals surface area contributed by atoms with Crippen molar-refractivity contribution in [1.82, 2.24) is 0 Å². The number of ketones is 2. The first-order valence-electron chi connectivity index (χ1n) is 4.80. The molecule has 3 atom stereocenters. The molecule has 0 unspecified atom stereocenters. The van der Waals surface area contributed by atoms with E-state index in [0.29, 0.717) is 0 Å².